The van der Waals surface area contributed by atoms with Gasteiger partial charge in [-0.3, -0.25) is 9.88 Å². The van der Waals surface area contributed by atoms with E-state index in [1.165, 1.54) is 37.1 Å². The van der Waals surface area contributed by atoms with Crippen molar-refractivity contribution in [1.29, 1.82) is 0 Å². The highest BCUT2D eigenvalue weighted by Gasteiger charge is 2.20. The van der Waals surface area contributed by atoms with Crippen LogP contribution in [0.5, 0.6) is 0 Å². The van der Waals surface area contributed by atoms with Gasteiger partial charge in [-0.1, -0.05) is 19.4 Å². The Morgan fingerprint density at radius 2 is 2.22 bits per heavy atom. The minimum Gasteiger partial charge on any atom is -0.316 e. The van der Waals surface area contributed by atoms with Crippen LogP contribution in [0.4, 0.5) is 0 Å². The van der Waals surface area contributed by atoms with Crippen molar-refractivity contribution < 1.29 is 0 Å². The second kappa shape index (κ2) is 6.86. The van der Waals surface area contributed by atoms with Crippen LogP contribution in [0.15, 0.2) is 18.3 Å². The normalized spacial score (nSPS) is 15.9. The summed E-state index contributed by atoms with van der Waals surface area (Å²) in [7, 11) is 1.96. The standard InChI is InChI=1S/C15H25N3/c1-3-18(11-13-5-4-6-13)12-15-8-7-14(9-16-2)10-17-15/h7-8,10,13,16H,3-6,9,11-12H2,1-2H3. The molecule has 3 nitrogen and oxygen atoms in total. The van der Waals surface area contributed by atoms with Crippen molar-refractivity contribution in [3.63, 3.8) is 0 Å². The van der Waals surface area contributed by atoms with Crippen molar-refractivity contribution in [2.45, 2.75) is 39.3 Å². The van der Waals surface area contributed by atoms with E-state index in [9.17, 15) is 0 Å². The summed E-state index contributed by atoms with van der Waals surface area (Å²) in [5.74, 6) is 0.938. The highest BCUT2D eigenvalue weighted by molar-refractivity contribution is 5.13. The first kappa shape index (κ1) is 13.5. The average molecular weight is 247 g/mol. The lowest BCUT2D eigenvalue weighted by Gasteiger charge is -2.31. The van der Waals surface area contributed by atoms with Crippen molar-refractivity contribution in [2.75, 3.05) is 20.1 Å². The maximum atomic E-state index is 4.55. The molecule has 1 aliphatic rings. The maximum Gasteiger partial charge on any atom is 0.0544 e. The highest BCUT2D eigenvalue weighted by Crippen LogP contribution is 2.27. The summed E-state index contributed by atoms with van der Waals surface area (Å²) in [5, 5.41) is 3.15. The monoisotopic (exact) mass is 247 g/mol. The lowest BCUT2D eigenvalue weighted by molar-refractivity contribution is 0.177. The van der Waals surface area contributed by atoms with Crippen LogP contribution >= 0.6 is 0 Å². The molecule has 3 heteroatoms. The molecule has 18 heavy (non-hydrogen) atoms. The highest BCUT2D eigenvalue weighted by atomic mass is 15.1. The quantitative estimate of drug-likeness (QED) is 0.802. The van der Waals surface area contributed by atoms with E-state index in [4.69, 9.17) is 0 Å². The average Bonchev–Trinajstić information content (AvgIpc) is 2.34. The molecule has 0 aliphatic heterocycles. The van der Waals surface area contributed by atoms with Gasteiger partial charge in [0.1, 0.15) is 0 Å². The number of rotatable bonds is 7. The first-order valence-corrected chi connectivity index (χ1v) is 7.12. The van der Waals surface area contributed by atoms with Crippen LogP contribution in [0.2, 0.25) is 0 Å². The minimum atomic E-state index is 0.896. The molecule has 0 saturated heterocycles. The number of nitrogens with zero attached hydrogens (tertiary/aromatic N) is 2. The molecule has 0 aromatic carbocycles. The SMILES string of the molecule is CCN(Cc1ccc(CNC)cn1)CC1CCC1. The van der Waals surface area contributed by atoms with Crippen LogP contribution < -0.4 is 5.32 Å². The maximum absolute atomic E-state index is 4.55. The van der Waals surface area contributed by atoms with Crippen molar-refractivity contribution in [2.24, 2.45) is 5.92 Å². The van der Waals surface area contributed by atoms with Crippen molar-refractivity contribution in [3.8, 4) is 0 Å². The van der Waals surface area contributed by atoms with Crippen LogP contribution in [-0.4, -0.2) is 30.0 Å². The summed E-state index contributed by atoms with van der Waals surface area (Å²) in [5.41, 5.74) is 2.44. The zero-order valence-electron chi connectivity index (χ0n) is 11.7. The summed E-state index contributed by atoms with van der Waals surface area (Å²) < 4.78 is 0. The molecule has 1 heterocycles. The molecule has 1 N–H and O–H groups in total. The Balaban J connectivity index is 1.85. The smallest absolute Gasteiger partial charge is 0.0544 e. The summed E-state index contributed by atoms with van der Waals surface area (Å²) in [4.78, 5) is 7.07. The van der Waals surface area contributed by atoms with Gasteiger partial charge in [-0.25, -0.2) is 0 Å². The number of nitrogens with one attached hydrogen (secondary N) is 1. The predicted molar refractivity (Wildman–Crippen MR) is 75.3 cm³/mol. The number of pyridine rings is 1. The van der Waals surface area contributed by atoms with Gasteiger partial charge >= 0.3 is 0 Å². The Morgan fingerprint density at radius 3 is 2.72 bits per heavy atom. The van der Waals surface area contributed by atoms with Crippen LogP contribution in [0, 0.1) is 5.92 Å². The lowest BCUT2D eigenvalue weighted by atomic mass is 9.85. The van der Waals surface area contributed by atoms with E-state index >= 15 is 0 Å². The summed E-state index contributed by atoms with van der Waals surface area (Å²) in [6, 6.07) is 4.34. The molecule has 0 unspecified atom stereocenters. The fourth-order valence-corrected chi connectivity index (χ4v) is 2.43. The Bertz CT molecular complexity index is 343. The molecule has 1 aromatic heterocycles. The van der Waals surface area contributed by atoms with E-state index in [0.717, 1.165) is 25.6 Å². The third-order valence-corrected chi connectivity index (χ3v) is 3.84. The van der Waals surface area contributed by atoms with Gasteiger partial charge in [0.2, 0.25) is 0 Å². The van der Waals surface area contributed by atoms with Crippen molar-refractivity contribution in [1.82, 2.24) is 15.2 Å². The fourth-order valence-electron chi connectivity index (χ4n) is 2.43. The molecule has 0 spiro atoms. The van der Waals surface area contributed by atoms with Gasteiger partial charge in [0.15, 0.2) is 0 Å². The molecular formula is C15H25N3. The Labute approximate surface area is 111 Å². The van der Waals surface area contributed by atoms with E-state index < -0.39 is 0 Å². The molecule has 0 bridgehead atoms. The zero-order valence-corrected chi connectivity index (χ0v) is 11.7. The van der Waals surface area contributed by atoms with E-state index in [1.54, 1.807) is 0 Å². The van der Waals surface area contributed by atoms with Crippen LogP contribution in [0.25, 0.3) is 0 Å². The molecule has 1 saturated carbocycles. The summed E-state index contributed by atoms with van der Waals surface area (Å²) in [6.07, 6.45) is 6.26. The Kier molecular flexibility index (Phi) is 5.14. The van der Waals surface area contributed by atoms with Gasteiger partial charge < -0.3 is 5.32 Å². The largest absolute Gasteiger partial charge is 0.316 e. The molecule has 2 rings (SSSR count). The first-order valence-electron chi connectivity index (χ1n) is 7.12. The van der Waals surface area contributed by atoms with E-state index in [-0.39, 0.29) is 0 Å². The lowest BCUT2D eigenvalue weighted by Crippen LogP contribution is -2.32. The van der Waals surface area contributed by atoms with E-state index in [1.807, 2.05) is 13.2 Å². The minimum absolute atomic E-state index is 0.896. The molecule has 1 aromatic rings. The topological polar surface area (TPSA) is 28.2 Å². The van der Waals surface area contributed by atoms with Crippen molar-refractivity contribution >= 4 is 0 Å². The number of hydrogen-bond acceptors (Lipinski definition) is 3. The molecule has 0 amide bonds. The third-order valence-electron chi connectivity index (χ3n) is 3.84. The molecule has 1 fully saturated rings. The van der Waals surface area contributed by atoms with Crippen LogP contribution in [0.3, 0.4) is 0 Å². The van der Waals surface area contributed by atoms with E-state index in [2.05, 4.69) is 34.3 Å². The van der Waals surface area contributed by atoms with Gasteiger partial charge in [0, 0.05) is 25.8 Å². The third kappa shape index (κ3) is 3.79. The molecule has 0 atom stereocenters. The number of aromatic nitrogens is 1. The van der Waals surface area contributed by atoms with Gasteiger partial charge in [-0.2, -0.15) is 0 Å². The second-order valence-corrected chi connectivity index (χ2v) is 5.31. The van der Waals surface area contributed by atoms with Gasteiger partial charge in [0.25, 0.3) is 0 Å². The molecular weight excluding hydrogens is 222 g/mol. The van der Waals surface area contributed by atoms with Crippen LogP contribution in [0.1, 0.15) is 37.4 Å². The van der Waals surface area contributed by atoms with Gasteiger partial charge in [0.05, 0.1) is 5.69 Å². The molecule has 0 radical (unpaired) electrons. The van der Waals surface area contributed by atoms with Crippen LogP contribution in [-0.2, 0) is 13.1 Å². The van der Waals surface area contributed by atoms with Gasteiger partial charge in [-0.05, 0) is 44.0 Å². The predicted octanol–water partition coefficient (Wildman–Crippen LogP) is 2.42. The summed E-state index contributed by atoms with van der Waals surface area (Å²) in [6.45, 7) is 6.50. The summed E-state index contributed by atoms with van der Waals surface area (Å²) >= 11 is 0. The molecule has 100 valence electrons. The zero-order chi connectivity index (χ0) is 12.8. The second-order valence-electron chi connectivity index (χ2n) is 5.31. The molecule has 1 aliphatic carbocycles. The van der Waals surface area contributed by atoms with Crippen molar-refractivity contribution in [3.05, 3.63) is 29.6 Å². The fraction of sp³-hybridized carbons (Fsp3) is 0.667. The number of hydrogen-bond donors (Lipinski definition) is 1. The Morgan fingerprint density at radius 1 is 1.39 bits per heavy atom. The van der Waals surface area contributed by atoms with E-state index in [0.29, 0.717) is 0 Å². The first-order chi connectivity index (χ1) is 8.81. The Hall–Kier alpha value is -0.930. The van der Waals surface area contributed by atoms with Gasteiger partial charge in [-0.15, -0.1) is 0 Å².